The van der Waals surface area contributed by atoms with E-state index >= 15 is 0 Å². The minimum Gasteiger partial charge on any atom is -0.484 e. The third-order valence-corrected chi connectivity index (χ3v) is 5.08. The molecule has 0 bridgehead atoms. The van der Waals surface area contributed by atoms with Gasteiger partial charge in [0.05, 0.1) is 0 Å². The third kappa shape index (κ3) is 4.34. The van der Waals surface area contributed by atoms with Crippen LogP contribution in [-0.4, -0.2) is 43.6 Å². The maximum Gasteiger partial charge on any atom is 0.260 e. The Morgan fingerprint density at radius 2 is 1.29 bits per heavy atom. The van der Waals surface area contributed by atoms with Gasteiger partial charge in [0.2, 0.25) is 0 Å². The van der Waals surface area contributed by atoms with E-state index in [0.29, 0.717) is 0 Å². The van der Waals surface area contributed by atoms with Crippen LogP contribution in [0.1, 0.15) is 0 Å². The molecular formula is C24H24N2O2. The quantitative estimate of drug-likeness (QED) is 0.677. The average molecular weight is 372 g/mol. The number of nitrogens with zero attached hydrogens (tertiary/aromatic N) is 2. The zero-order chi connectivity index (χ0) is 19.2. The second-order valence-corrected chi connectivity index (χ2v) is 6.88. The highest BCUT2D eigenvalue weighted by atomic mass is 16.5. The standard InChI is InChI=1S/C24H24N2O2/c27-24(26-17-15-25(16-18-26)22-9-5-2-6-10-22)19-28-23-13-11-21(12-14-23)20-7-3-1-4-8-20/h1-14H,15-19H2. The molecule has 0 unspecified atom stereocenters. The van der Waals surface area contributed by atoms with Crippen molar-refractivity contribution in [3.63, 3.8) is 0 Å². The smallest absolute Gasteiger partial charge is 0.260 e. The number of ether oxygens (including phenoxy) is 1. The molecular weight excluding hydrogens is 348 g/mol. The number of anilines is 1. The van der Waals surface area contributed by atoms with E-state index in [1.165, 1.54) is 11.3 Å². The molecule has 0 radical (unpaired) electrons. The monoisotopic (exact) mass is 372 g/mol. The Morgan fingerprint density at radius 1 is 0.714 bits per heavy atom. The van der Waals surface area contributed by atoms with Crippen LogP contribution in [0.3, 0.4) is 0 Å². The first kappa shape index (κ1) is 18.1. The van der Waals surface area contributed by atoms with Gasteiger partial charge in [-0.25, -0.2) is 0 Å². The van der Waals surface area contributed by atoms with Crippen LogP contribution >= 0.6 is 0 Å². The molecule has 1 saturated heterocycles. The molecule has 0 spiro atoms. The first-order valence-electron chi connectivity index (χ1n) is 9.66. The number of piperazine rings is 1. The Bertz CT molecular complexity index is 887. The SMILES string of the molecule is O=C(COc1ccc(-c2ccccc2)cc1)N1CCN(c2ccccc2)CC1. The van der Waals surface area contributed by atoms with Crippen LogP contribution in [0, 0.1) is 0 Å². The van der Waals surface area contributed by atoms with Gasteiger partial charge in [-0.05, 0) is 35.4 Å². The predicted octanol–water partition coefficient (Wildman–Crippen LogP) is 4.08. The molecule has 3 aromatic rings. The van der Waals surface area contributed by atoms with Gasteiger partial charge in [0.15, 0.2) is 6.61 Å². The minimum absolute atomic E-state index is 0.0415. The van der Waals surface area contributed by atoms with E-state index in [2.05, 4.69) is 29.2 Å². The van der Waals surface area contributed by atoms with Gasteiger partial charge in [0.25, 0.3) is 5.91 Å². The fourth-order valence-corrected chi connectivity index (χ4v) is 3.46. The highest BCUT2D eigenvalue weighted by Crippen LogP contribution is 2.22. The topological polar surface area (TPSA) is 32.8 Å². The summed E-state index contributed by atoms with van der Waals surface area (Å²) in [6.45, 7) is 3.23. The molecule has 1 fully saturated rings. The molecule has 0 aliphatic carbocycles. The Hall–Kier alpha value is -3.27. The van der Waals surface area contributed by atoms with E-state index in [4.69, 9.17) is 4.74 Å². The van der Waals surface area contributed by atoms with E-state index in [1.54, 1.807) is 0 Å². The van der Waals surface area contributed by atoms with Crippen molar-refractivity contribution in [3.8, 4) is 16.9 Å². The normalized spacial score (nSPS) is 14.0. The molecule has 4 rings (SSSR count). The molecule has 0 atom stereocenters. The highest BCUT2D eigenvalue weighted by Gasteiger charge is 2.21. The van der Waals surface area contributed by atoms with Crippen molar-refractivity contribution in [1.29, 1.82) is 0 Å². The molecule has 1 amide bonds. The van der Waals surface area contributed by atoms with Crippen LogP contribution in [0.25, 0.3) is 11.1 Å². The van der Waals surface area contributed by atoms with Crippen molar-refractivity contribution < 1.29 is 9.53 Å². The van der Waals surface area contributed by atoms with Gasteiger partial charge in [-0.3, -0.25) is 4.79 Å². The van der Waals surface area contributed by atoms with Crippen molar-refractivity contribution >= 4 is 11.6 Å². The fourth-order valence-electron chi connectivity index (χ4n) is 3.46. The molecule has 0 saturated carbocycles. The maximum absolute atomic E-state index is 12.5. The van der Waals surface area contributed by atoms with Gasteiger partial charge in [0, 0.05) is 31.9 Å². The largest absolute Gasteiger partial charge is 0.484 e. The van der Waals surface area contributed by atoms with Gasteiger partial charge in [-0.2, -0.15) is 0 Å². The molecule has 3 aromatic carbocycles. The highest BCUT2D eigenvalue weighted by molar-refractivity contribution is 5.78. The van der Waals surface area contributed by atoms with Crippen LogP contribution in [0.5, 0.6) is 5.75 Å². The number of rotatable bonds is 5. The lowest BCUT2D eigenvalue weighted by Gasteiger charge is -2.36. The second kappa shape index (κ2) is 8.61. The summed E-state index contributed by atoms with van der Waals surface area (Å²) in [6.07, 6.45) is 0. The first-order valence-corrected chi connectivity index (χ1v) is 9.66. The molecule has 1 heterocycles. The summed E-state index contributed by atoms with van der Waals surface area (Å²) in [4.78, 5) is 16.7. The van der Waals surface area contributed by atoms with Crippen molar-refractivity contribution in [2.75, 3.05) is 37.7 Å². The number of para-hydroxylation sites is 1. The van der Waals surface area contributed by atoms with Crippen LogP contribution in [0.2, 0.25) is 0 Å². The molecule has 1 aliphatic rings. The summed E-state index contributed by atoms with van der Waals surface area (Å²) in [5.74, 6) is 0.760. The maximum atomic E-state index is 12.5. The number of carbonyl (C=O) groups is 1. The Balaban J connectivity index is 1.27. The number of benzene rings is 3. The Morgan fingerprint density at radius 3 is 1.93 bits per heavy atom. The van der Waals surface area contributed by atoms with Gasteiger partial charge in [0.1, 0.15) is 5.75 Å². The first-order chi connectivity index (χ1) is 13.8. The lowest BCUT2D eigenvalue weighted by Crippen LogP contribution is -2.50. The van der Waals surface area contributed by atoms with Crippen LogP contribution in [0.15, 0.2) is 84.9 Å². The number of carbonyl (C=O) groups excluding carboxylic acids is 1. The molecule has 1 aliphatic heterocycles. The van der Waals surface area contributed by atoms with E-state index in [1.807, 2.05) is 65.6 Å². The summed E-state index contributed by atoms with van der Waals surface area (Å²) >= 11 is 0. The van der Waals surface area contributed by atoms with Crippen molar-refractivity contribution in [3.05, 3.63) is 84.9 Å². The molecule has 142 valence electrons. The van der Waals surface area contributed by atoms with E-state index < -0.39 is 0 Å². The summed E-state index contributed by atoms with van der Waals surface area (Å²) < 4.78 is 5.72. The zero-order valence-electron chi connectivity index (χ0n) is 15.8. The summed E-state index contributed by atoms with van der Waals surface area (Å²) in [7, 11) is 0. The van der Waals surface area contributed by atoms with Gasteiger partial charge in [-0.15, -0.1) is 0 Å². The number of amides is 1. The molecule has 0 N–H and O–H groups in total. The van der Waals surface area contributed by atoms with Gasteiger partial charge in [-0.1, -0.05) is 60.7 Å². The Labute approximate surface area is 166 Å². The van der Waals surface area contributed by atoms with Crippen LogP contribution in [-0.2, 0) is 4.79 Å². The molecule has 0 aromatic heterocycles. The second-order valence-electron chi connectivity index (χ2n) is 6.88. The van der Waals surface area contributed by atoms with Gasteiger partial charge >= 0.3 is 0 Å². The summed E-state index contributed by atoms with van der Waals surface area (Å²) in [5.41, 5.74) is 3.52. The van der Waals surface area contributed by atoms with Crippen molar-refractivity contribution in [2.45, 2.75) is 0 Å². The zero-order valence-corrected chi connectivity index (χ0v) is 15.8. The minimum atomic E-state index is 0.0415. The molecule has 28 heavy (non-hydrogen) atoms. The van der Waals surface area contributed by atoms with Gasteiger partial charge < -0.3 is 14.5 Å². The van der Waals surface area contributed by atoms with E-state index in [9.17, 15) is 4.79 Å². The lowest BCUT2D eigenvalue weighted by molar-refractivity contribution is -0.133. The van der Waals surface area contributed by atoms with Crippen LogP contribution in [0.4, 0.5) is 5.69 Å². The summed E-state index contributed by atoms with van der Waals surface area (Å²) in [6, 6.07) is 28.4. The van der Waals surface area contributed by atoms with E-state index in [0.717, 1.165) is 37.5 Å². The number of hydrogen-bond donors (Lipinski definition) is 0. The van der Waals surface area contributed by atoms with Crippen molar-refractivity contribution in [2.24, 2.45) is 0 Å². The molecule has 4 heteroatoms. The fraction of sp³-hybridized carbons (Fsp3) is 0.208. The Kier molecular flexibility index (Phi) is 5.57. The van der Waals surface area contributed by atoms with E-state index in [-0.39, 0.29) is 12.5 Å². The number of hydrogen-bond acceptors (Lipinski definition) is 3. The average Bonchev–Trinajstić information content (AvgIpc) is 2.79. The van der Waals surface area contributed by atoms with Crippen molar-refractivity contribution in [1.82, 2.24) is 4.90 Å². The lowest BCUT2D eigenvalue weighted by atomic mass is 10.1. The third-order valence-electron chi connectivity index (χ3n) is 5.08. The van der Waals surface area contributed by atoms with Crippen LogP contribution < -0.4 is 9.64 Å². The predicted molar refractivity (Wildman–Crippen MR) is 113 cm³/mol. The summed E-state index contributed by atoms with van der Waals surface area (Å²) in [5, 5.41) is 0. The molecule has 4 nitrogen and oxygen atoms in total.